The average molecular weight is 351 g/mol. The normalized spacial score (nSPS) is 11.2. The molecule has 0 unspecified atom stereocenters. The first-order valence-electron chi connectivity index (χ1n) is 7.88. The van der Waals surface area contributed by atoms with Gasteiger partial charge >= 0.3 is 0 Å². The predicted octanol–water partition coefficient (Wildman–Crippen LogP) is 2.23. The summed E-state index contributed by atoms with van der Waals surface area (Å²) in [4.78, 5) is 15.9. The zero-order chi connectivity index (χ0) is 18.4. The number of nitrogens with zero attached hydrogens (tertiary/aromatic N) is 3. The Labute approximate surface area is 148 Å². The molecule has 132 valence electrons. The lowest BCUT2D eigenvalue weighted by atomic mass is 10.0. The summed E-state index contributed by atoms with van der Waals surface area (Å²) in [5.41, 5.74) is 8.74. The Bertz CT molecular complexity index is 1160. The molecule has 3 N–H and O–H groups in total. The maximum Gasteiger partial charge on any atom is 0.267 e. The smallest absolute Gasteiger partial charge is 0.267 e. The monoisotopic (exact) mass is 351 g/mol. The first-order valence-corrected chi connectivity index (χ1v) is 7.88. The maximum atomic E-state index is 11.7. The highest BCUT2D eigenvalue weighted by atomic mass is 16.5. The van der Waals surface area contributed by atoms with Crippen molar-refractivity contribution in [2.75, 3.05) is 14.2 Å². The first-order chi connectivity index (χ1) is 12.5. The molecule has 0 radical (unpaired) electrons. The van der Waals surface area contributed by atoms with Gasteiger partial charge in [-0.1, -0.05) is 0 Å². The van der Waals surface area contributed by atoms with E-state index in [0.717, 1.165) is 27.4 Å². The number of H-pyrrole nitrogens is 1. The Balaban J connectivity index is 2.11. The molecule has 0 saturated carbocycles. The fourth-order valence-corrected chi connectivity index (χ4v) is 3.21. The van der Waals surface area contributed by atoms with Crippen LogP contribution in [0.2, 0.25) is 0 Å². The summed E-state index contributed by atoms with van der Waals surface area (Å²) < 4.78 is 12.9. The summed E-state index contributed by atoms with van der Waals surface area (Å²) in [5, 5.41) is 8.54. The van der Waals surface area contributed by atoms with Crippen LogP contribution in [0.4, 0.5) is 0 Å². The van der Waals surface area contributed by atoms with E-state index in [9.17, 15) is 4.79 Å². The summed E-state index contributed by atoms with van der Waals surface area (Å²) in [6.07, 6.45) is 3.65. The third-order valence-electron chi connectivity index (χ3n) is 4.45. The molecule has 0 spiro atoms. The molecule has 4 rings (SSSR count). The fraction of sp³-hybridized carbons (Fsp3) is 0.167. The van der Waals surface area contributed by atoms with Gasteiger partial charge < -0.3 is 19.8 Å². The zero-order valence-corrected chi connectivity index (χ0v) is 14.5. The SMILES string of the molecule is COc1cc(OC)c2c(-c3cc(C(N)=O)nc4[nH]ncc34)cn(C)c2c1. The number of hydrogen-bond acceptors (Lipinski definition) is 5. The van der Waals surface area contributed by atoms with Gasteiger partial charge in [-0.15, -0.1) is 0 Å². The van der Waals surface area contributed by atoms with Crippen molar-refractivity contribution in [3.8, 4) is 22.6 Å². The van der Waals surface area contributed by atoms with Gasteiger partial charge in [0.25, 0.3) is 5.91 Å². The van der Waals surface area contributed by atoms with Gasteiger partial charge in [0.05, 0.1) is 25.9 Å². The van der Waals surface area contributed by atoms with Crippen LogP contribution in [0.25, 0.3) is 33.1 Å². The van der Waals surface area contributed by atoms with Gasteiger partial charge in [0.2, 0.25) is 0 Å². The summed E-state index contributed by atoms with van der Waals surface area (Å²) in [5.74, 6) is 0.767. The van der Waals surface area contributed by atoms with Gasteiger partial charge in [0.1, 0.15) is 17.2 Å². The molecule has 0 aliphatic heterocycles. The van der Waals surface area contributed by atoms with Gasteiger partial charge in [-0.05, 0) is 11.6 Å². The highest BCUT2D eigenvalue weighted by Gasteiger charge is 2.19. The Morgan fingerprint density at radius 3 is 2.69 bits per heavy atom. The van der Waals surface area contributed by atoms with E-state index in [1.54, 1.807) is 26.5 Å². The molecular formula is C18H17N5O3. The number of aryl methyl sites for hydroxylation is 1. The van der Waals surface area contributed by atoms with E-state index < -0.39 is 5.91 Å². The molecule has 4 aromatic rings. The number of nitrogens with one attached hydrogen (secondary N) is 1. The van der Waals surface area contributed by atoms with Crippen molar-refractivity contribution in [1.29, 1.82) is 0 Å². The van der Waals surface area contributed by atoms with Crippen molar-refractivity contribution in [3.05, 3.63) is 36.3 Å². The Morgan fingerprint density at radius 1 is 1.19 bits per heavy atom. The Kier molecular flexibility index (Phi) is 3.54. The van der Waals surface area contributed by atoms with E-state index in [2.05, 4.69) is 15.2 Å². The van der Waals surface area contributed by atoms with Crippen LogP contribution in [0.1, 0.15) is 10.5 Å². The van der Waals surface area contributed by atoms with Crippen LogP contribution in [0.5, 0.6) is 11.5 Å². The molecule has 0 aliphatic carbocycles. The van der Waals surface area contributed by atoms with Crippen LogP contribution in [-0.4, -0.2) is 39.9 Å². The molecule has 3 heterocycles. The quantitative estimate of drug-likeness (QED) is 0.586. The van der Waals surface area contributed by atoms with Crippen LogP contribution in [0.15, 0.2) is 30.6 Å². The van der Waals surface area contributed by atoms with Crippen molar-refractivity contribution >= 4 is 27.8 Å². The van der Waals surface area contributed by atoms with Crippen LogP contribution in [-0.2, 0) is 7.05 Å². The van der Waals surface area contributed by atoms with Gasteiger partial charge in [-0.25, -0.2) is 4.98 Å². The van der Waals surface area contributed by atoms with Gasteiger partial charge in [0, 0.05) is 41.7 Å². The first kappa shape index (κ1) is 15.9. The number of carbonyl (C=O) groups is 1. The number of aromatic amines is 1. The third-order valence-corrected chi connectivity index (χ3v) is 4.45. The molecule has 0 aliphatic rings. The number of methoxy groups -OCH3 is 2. The molecular weight excluding hydrogens is 334 g/mol. The number of rotatable bonds is 4. The average Bonchev–Trinajstić information content (AvgIpc) is 3.24. The van der Waals surface area contributed by atoms with Crippen molar-refractivity contribution in [3.63, 3.8) is 0 Å². The minimum atomic E-state index is -0.600. The Hall–Kier alpha value is -3.55. The number of hydrogen-bond donors (Lipinski definition) is 2. The number of benzene rings is 1. The maximum absolute atomic E-state index is 11.7. The van der Waals surface area contributed by atoms with Crippen LogP contribution in [0, 0.1) is 0 Å². The number of ether oxygens (including phenoxy) is 2. The molecule has 0 saturated heterocycles. The second-order valence-corrected chi connectivity index (χ2v) is 5.93. The molecule has 8 heteroatoms. The van der Waals surface area contributed by atoms with E-state index in [1.807, 2.05) is 29.9 Å². The topological polar surface area (TPSA) is 108 Å². The highest BCUT2D eigenvalue weighted by Crippen LogP contribution is 2.41. The van der Waals surface area contributed by atoms with Crippen LogP contribution < -0.4 is 15.2 Å². The molecule has 0 bridgehead atoms. The standard InChI is InChI=1S/C18H17N5O3/c1-23-8-12(16-14(23)4-9(25-2)5-15(16)26-3)10-6-13(17(19)24)21-18-11(10)7-20-22-18/h4-8H,1-3H3,(H2,19,24)(H,20,21,22). The van der Waals surface area contributed by atoms with Crippen molar-refractivity contribution in [2.45, 2.75) is 0 Å². The minimum absolute atomic E-state index is 0.168. The predicted molar refractivity (Wildman–Crippen MR) is 97.4 cm³/mol. The number of aromatic nitrogens is 4. The van der Waals surface area contributed by atoms with Crippen molar-refractivity contribution in [1.82, 2.24) is 19.7 Å². The number of pyridine rings is 1. The Morgan fingerprint density at radius 2 is 2.00 bits per heavy atom. The van der Waals surface area contributed by atoms with Crippen LogP contribution in [0.3, 0.4) is 0 Å². The van der Waals surface area contributed by atoms with E-state index in [-0.39, 0.29) is 5.69 Å². The summed E-state index contributed by atoms with van der Waals surface area (Å²) in [7, 11) is 5.16. The van der Waals surface area contributed by atoms with Crippen molar-refractivity contribution in [2.24, 2.45) is 12.8 Å². The van der Waals surface area contributed by atoms with E-state index in [1.165, 1.54) is 0 Å². The highest BCUT2D eigenvalue weighted by molar-refractivity contribution is 6.08. The molecule has 0 atom stereocenters. The molecule has 1 amide bonds. The molecule has 26 heavy (non-hydrogen) atoms. The van der Waals surface area contributed by atoms with E-state index >= 15 is 0 Å². The van der Waals surface area contributed by atoms with Crippen molar-refractivity contribution < 1.29 is 14.3 Å². The lowest BCUT2D eigenvalue weighted by Gasteiger charge is -2.09. The number of nitrogens with two attached hydrogens (primary N) is 1. The summed E-state index contributed by atoms with van der Waals surface area (Å²) in [6.45, 7) is 0. The van der Waals surface area contributed by atoms with Gasteiger partial charge in [-0.2, -0.15) is 5.10 Å². The number of carbonyl (C=O) groups excluding carboxylic acids is 1. The van der Waals surface area contributed by atoms with Gasteiger partial charge in [0.15, 0.2) is 5.65 Å². The molecule has 0 fully saturated rings. The van der Waals surface area contributed by atoms with Gasteiger partial charge in [-0.3, -0.25) is 9.89 Å². The molecule has 1 aromatic carbocycles. The van der Waals surface area contributed by atoms with E-state index in [4.69, 9.17) is 15.2 Å². The molecule has 3 aromatic heterocycles. The lowest BCUT2D eigenvalue weighted by Crippen LogP contribution is -2.13. The second-order valence-electron chi connectivity index (χ2n) is 5.93. The zero-order valence-electron chi connectivity index (χ0n) is 14.5. The minimum Gasteiger partial charge on any atom is -0.497 e. The lowest BCUT2D eigenvalue weighted by molar-refractivity contribution is 0.0996. The number of primary amides is 1. The van der Waals surface area contributed by atoms with Crippen LogP contribution >= 0.6 is 0 Å². The number of amides is 1. The summed E-state index contributed by atoms with van der Waals surface area (Å²) >= 11 is 0. The molecule has 8 nitrogen and oxygen atoms in total. The van der Waals surface area contributed by atoms with E-state index in [0.29, 0.717) is 17.1 Å². The summed E-state index contributed by atoms with van der Waals surface area (Å²) in [6, 6.07) is 5.44. The second kappa shape index (κ2) is 5.76. The number of fused-ring (bicyclic) bond motifs is 2. The third kappa shape index (κ3) is 2.26. The fourth-order valence-electron chi connectivity index (χ4n) is 3.21. The largest absolute Gasteiger partial charge is 0.497 e.